The van der Waals surface area contributed by atoms with Crippen LogP contribution in [0.3, 0.4) is 0 Å². The van der Waals surface area contributed by atoms with E-state index in [1.165, 1.54) is 0 Å². The van der Waals surface area contributed by atoms with Gasteiger partial charge in [0.2, 0.25) is 0 Å². The van der Waals surface area contributed by atoms with Crippen LogP contribution in [0, 0.1) is 0 Å². The molecule has 7 nitrogen and oxygen atoms in total. The molecule has 0 amide bonds. The van der Waals surface area contributed by atoms with Crippen molar-refractivity contribution in [3.8, 4) is 11.3 Å². The third kappa shape index (κ3) is 6.50. The molecule has 3 rings (SSSR count). The van der Waals surface area contributed by atoms with Crippen LogP contribution in [0.25, 0.3) is 11.3 Å². The number of rotatable bonds is 8. The Morgan fingerprint density at radius 1 is 1.23 bits per heavy atom. The number of benzene rings is 1. The zero-order valence-corrected chi connectivity index (χ0v) is 17.9. The van der Waals surface area contributed by atoms with Crippen LogP contribution in [0.4, 0.5) is 0 Å². The molecule has 0 saturated carbocycles. The molecule has 1 saturated heterocycles. The van der Waals surface area contributed by atoms with E-state index in [4.69, 9.17) is 14.2 Å². The molecule has 0 radical (unpaired) electrons. The molecule has 0 bridgehead atoms. The van der Waals surface area contributed by atoms with E-state index in [0.717, 1.165) is 37.1 Å². The van der Waals surface area contributed by atoms with Gasteiger partial charge in [0.1, 0.15) is 12.0 Å². The average molecular weight is 415 g/mol. The highest BCUT2D eigenvalue weighted by Crippen LogP contribution is 2.22. The zero-order valence-electron chi connectivity index (χ0n) is 17.9. The number of carbonyl (C=O) groups excluding carboxylic acids is 2. The summed E-state index contributed by atoms with van der Waals surface area (Å²) in [5.41, 5.74) is 1.60. The van der Waals surface area contributed by atoms with Crippen molar-refractivity contribution >= 4 is 11.8 Å². The van der Waals surface area contributed by atoms with Crippen LogP contribution >= 0.6 is 0 Å². The lowest BCUT2D eigenvalue weighted by atomic mass is 10.0. The number of ketones is 1. The summed E-state index contributed by atoms with van der Waals surface area (Å²) < 4.78 is 18.5. The van der Waals surface area contributed by atoms with E-state index in [0.29, 0.717) is 18.7 Å². The molecule has 1 fully saturated rings. The first-order chi connectivity index (χ1) is 14.3. The Labute approximate surface area is 177 Å². The quantitative estimate of drug-likeness (QED) is 0.369. The highest BCUT2D eigenvalue weighted by molar-refractivity contribution is 6.06. The van der Waals surface area contributed by atoms with Gasteiger partial charge < -0.3 is 14.2 Å². The molecule has 1 unspecified atom stereocenters. The van der Waals surface area contributed by atoms with Gasteiger partial charge in [0.25, 0.3) is 0 Å². The molecule has 0 N–H and O–H groups in total. The van der Waals surface area contributed by atoms with Gasteiger partial charge >= 0.3 is 5.97 Å². The fourth-order valence-corrected chi connectivity index (χ4v) is 3.33. The molecule has 0 aliphatic carbocycles. The minimum atomic E-state index is -0.615. The fraction of sp³-hybridized carbons (Fsp3) is 0.522. The molecule has 7 heteroatoms. The lowest BCUT2D eigenvalue weighted by Gasteiger charge is -2.22. The van der Waals surface area contributed by atoms with Gasteiger partial charge in [0.15, 0.2) is 12.1 Å². The molecular formula is C23H30N2O5. The first kappa shape index (κ1) is 22.2. The van der Waals surface area contributed by atoms with E-state index in [-0.39, 0.29) is 18.5 Å². The second-order valence-electron chi connectivity index (χ2n) is 8.37. The van der Waals surface area contributed by atoms with Crippen molar-refractivity contribution in [1.29, 1.82) is 0 Å². The zero-order chi connectivity index (χ0) is 21.6. The Morgan fingerprint density at radius 2 is 2.07 bits per heavy atom. The molecule has 1 aromatic carbocycles. The Hall–Kier alpha value is -2.51. The number of hydrogen-bond acceptors (Lipinski definition) is 6. The second kappa shape index (κ2) is 10.00. The normalized spacial score (nSPS) is 17.0. The highest BCUT2D eigenvalue weighted by atomic mass is 16.7. The molecule has 1 aliphatic heterocycles. The Morgan fingerprint density at radius 3 is 2.80 bits per heavy atom. The molecule has 1 aliphatic rings. The predicted molar refractivity (Wildman–Crippen MR) is 112 cm³/mol. The number of carbonyl (C=O) groups is 2. The van der Waals surface area contributed by atoms with E-state index in [1.807, 2.05) is 16.8 Å². The molecule has 1 atom stereocenters. The van der Waals surface area contributed by atoms with Crippen molar-refractivity contribution in [3.63, 3.8) is 0 Å². The summed E-state index contributed by atoms with van der Waals surface area (Å²) in [6.45, 7) is 7.17. The van der Waals surface area contributed by atoms with Gasteiger partial charge in [-0.1, -0.05) is 18.2 Å². The smallest absolute Gasteiger partial charge is 0.314 e. The lowest BCUT2D eigenvalue weighted by Crippen LogP contribution is -2.25. The van der Waals surface area contributed by atoms with Gasteiger partial charge in [0.05, 0.1) is 18.8 Å². The minimum Gasteiger partial charge on any atom is -0.460 e. The average Bonchev–Trinajstić information content (AvgIpc) is 3.16. The van der Waals surface area contributed by atoms with Gasteiger partial charge in [-0.3, -0.25) is 14.3 Å². The molecule has 2 heterocycles. The van der Waals surface area contributed by atoms with E-state index in [1.54, 1.807) is 45.2 Å². The SMILES string of the molecule is CC(C)(C)OC(=O)CC(=O)c1cccc(-c2ccnn2CCOC2CCCCO2)c1. The van der Waals surface area contributed by atoms with Crippen LogP contribution in [-0.4, -0.2) is 46.6 Å². The van der Waals surface area contributed by atoms with Crippen molar-refractivity contribution in [2.45, 2.75) is 64.9 Å². The van der Waals surface area contributed by atoms with E-state index in [9.17, 15) is 9.59 Å². The molecule has 30 heavy (non-hydrogen) atoms. The minimum absolute atomic E-state index is 0.133. The van der Waals surface area contributed by atoms with Crippen molar-refractivity contribution in [2.24, 2.45) is 0 Å². The summed E-state index contributed by atoms with van der Waals surface area (Å²) in [6.07, 6.45) is 4.45. The largest absolute Gasteiger partial charge is 0.460 e. The standard InChI is InChI=1S/C23H30N2O5/c1-23(2,3)30-21(27)16-20(26)18-8-6-7-17(15-18)19-10-11-24-25(19)12-14-29-22-9-4-5-13-28-22/h6-8,10-11,15,22H,4-5,9,12-14,16H2,1-3H3. The maximum absolute atomic E-state index is 12.5. The van der Waals surface area contributed by atoms with Crippen LogP contribution in [-0.2, 0) is 25.5 Å². The van der Waals surface area contributed by atoms with Gasteiger partial charge in [-0.15, -0.1) is 0 Å². The number of hydrogen-bond donors (Lipinski definition) is 0. The third-order valence-corrected chi connectivity index (χ3v) is 4.67. The summed E-state index contributed by atoms with van der Waals surface area (Å²) in [7, 11) is 0. The highest BCUT2D eigenvalue weighted by Gasteiger charge is 2.20. The van der Waals surface area contributed by atoms with Crippen LogP contribution < -0.4 is 0 Å². The first-order valence-corrected chi connectivity index (χ1v) is 10.4. The van der Waals surface area contributed by atoms with Crippen LogP contribution in [0.1, 0.15) is 56.8 Å². The molecule has 1 aromatic heterocycles. The number of nitrogens with zero attached hydrogens (tertiary/aromatic N) is 2. The molecule has 162 valence electrons. The maximum atomic E-state index is 12.5. The van der Waals surface area contributed by atoms with Gasteiger partial charge in [-0.25, -0.2) is 0 Å². The summed E-state index contributed by atoms with van der Waals surface area (Å²) >= 11 is 0. The lowest BCUT2D eigenvalue weighted by molar-refractivity contribution is -0.163. The Balaban J connectivity index is 1.62. The van der Waals surface area contributed by atoms with Crippen molar-refractivity contribution in [3.05, 3.63) is 42.1 Å². The monoisotopic (exact) mass is 414 g/mol. The second-order valence-corrected chi connectivity index (χ2v) is 8.37. The molecule has 2 aromatic rings. The van der Waals surface area contributed by atoms with Crippen LogP contribution in [0.15, 0.2) is 36.5 Å². The van der Waals surface area contributed by atoms with E-state index in [2.05, 4.69) is 5.10 Å². The Kier molecular flexibility index (Phi) is 7.39. The topological polar surface area (TPSA) is 79.7 Å². The predicted octanol–water partition coefficient (Wildman–Crippen LogP) is 4.01. The maximum Gasteiger partial charge on any atom is 0.314 e. The number of aromatic nitrogens is 2. The summed E-state index contributed by atoms with van der Waals surface area (Å²) in [6, 6.07) is 9.12. The van der Waals surface area contributed by atoms with E-state index < -0.39 is 11.6 Å². The van der Waals surface area contributed by atoms with Gasteiger partial charge in [-0.05, 0) is 52.2 Å². The molecule has 0 spiro atoms. The number of esters is 1. The summed E-state index contributed by atoms with van der Waals surface area (Å²) in [5.74, 6) is -0.792. The van der Waals surface area contributed by atoms with Gasteiger partial charge in [-0.2, -0.15) is 5.10 Å². The third-order valence-electron chi connectivity index (χ3n) is 4.67. The Bertz CT molecular complexity index is 862. The van der Waals surface area contributed by atoms with Crippen LogP contribution in [0.5, 0.6) is 0 Å². The summed E-state index contributed by atoms with van der Waals surface area (Å²) in [4.78, 5) is 24.5. The first-order valence-electron chi connectivity index (χ1n) is 10.4. The van der Waals surface area contributed by atoms with E-state index >= 15 is 0 Å². The number of ether oxygens (including phenoxy) is 3. The van der Waals surface area contributed by atoms with Crippen molar-refractivity contribution in [2.75, 3.05) is 13.2 Å². The fourth-order valence-electron chi connectivity index (χ4n) is 3.33. The van der Waals surface area contributed by atoms with Crippen LogP contribution in [0.2, 0.25) is 0 Å². The van der Waals surface area contributed by atoms with Crippen molar-refractivity contribution in [1.82, 2.24) is 9.78 Å². The van der Waals surface area contributed by atoms with Gasteiger partial charge in [0, 0.05) is 23.9 Å². The molecular weight excluding hydrogens is 384 g/mol. The number of Topliss-reactive ketones (excluding diaryl/α,β-unsaturated/α-hetero) is 1. The van der Waals surface area contributed by atoms with Crippen molar-refractivity contribution < 1.29 is 23.8 Å². The summed E-state index contributed by atoms with van der Waals surface area (Å²) in [5, 5.41) is 4.38.